The maximum absolute atomic E-state index is 6.13. The molecule has 0 N–H and O–H groups in total. The highest BCUT2D eigenvalue weighted by atomic mass is 16.7. The van der Waals surface area contributed by atoms with Crippen LogP contribution in [0.5, 0.6) is 0 Å². The van der Waals surface area contributed by atoms with Gasteiger partial charge in [0.05, 0.1) is 26.4 Å². The molecule has 2 aromatic carbocycles. The molecule has 26 heavy (non-hydrogen) atoms. The van der Waals surface area contributed by atoms with Crippen molar-refractivity contribution in [3.8, 4) is 0 Å². The minimum absolute atomic E-state index is 0.123. The molecule has 3 aliphatic rings. The molecule has 5 heteroatoms. The Morgan fingerprint density at radius 3 is 2.42 bits per heavy atom. The van der Waals surface area contributed by atoms with Gasteiger partial charge in [0, 0.05) is 12.5 Å². The van der Waals surface area contributed by atoms with Gasteiger partial charge in [0.2, 0.25) is 0 Å². The number of hydrogen-bond acceptors (Lipinski definition) is 5. The van der Waals surface area contributed by atoms with Crippen LogP contribution in [0.2, 0.25) is 0 Å². The number of rotatable bonds is 5. The van der Waals surface area contributed by atoms with Crippen molar-refractivity contribution in [2.24, 2.45) is 5.92 Å². The standard InChI is InChI=1S/C21H23NO4/c1-3-7-16(8-4-1)11-22-21-15-25-20(19(21)23-13-18(21)14-26-22)24-12-17-9-5-2-6-10-17/h1-10,18-20H,11-15H2/t18-,19-,20+,21+/m0/s1. The molecule has 3 heterocycles. The second kappa shape index (κ2) is 6.76. The predicted molar refractivity (Wildman–Crippen MR) is 94.9 cm³/mol. The van der Waals surface area contributed by atoms with Crippen molar-refractivity contribution >= 4 is 0 Å². The first-order valence-corrected chi connectivity index (χ1v) is 9.19. The Labute approximate surface area is 153 Å². The van der Waals surface area contributed by atoms with Crippen LogP contribution in [0, 0.1) is 5.92 Å². The van der Waals surface area contributed by atoms with Crippen molar-refractivity contribution in [1.82, 2.24) is 5.06 Å². The van der Waals surface area contributed by atoms with Crippen LogP contribution in [-0.4, -0.2) is 42.8 Å². The molecule has 0 amide bonds. The van der Waals surface area contributed by atoms with E-state index >= 15 is 0 Å². The summed E-state index contributed by atoms with van der Waals surface area (Å²) in [5, 5.41) is 2.08. The summed E-state index contributed by atoms with van der Waals surface area (Å²) in [6.07, 6.45) is -0.484. The lowest BCUT2D eigenvalue weighted by molar-refractivity contribution is -0.199. The zero-order valence-corrected chi connectivity index (χ0v) is 14.6. The lowest BCUT2D eigenvalue weighted by atomic mass is 9.84. The van der Waals surface area contributed by atoms with Crippen LogP contribution in [0.1, 0.15) is 11.1 Å². The molecule has 3 fully saturated rings. The minimum Gasteiger partial charge on any atom is -0.370 e. The molecule has 0 saturated carbocycles. The van der Waals surface area contributed by atoms with Crippen LogP contribution in [0.4, 0.5) is 0 Å². The van der Waals surface area contributed by atoms with Gasteiger partial charge in [0.25, 0.3) is 0 Å². The van der Waals surface area contributed by atoms with E-state index in [9.17, 15) is 0 Å². The average Bonchev–Trinajstić information content (AvgIpc) is 3.33. The zero-order chi connectivity index (χ0) is 17.4. The molecular weight excluding hydrogens is 330 g/mol. The Kier molecular flexibility index (Phi) is 4.27. The summed E-state index contributed by atoms with van der Waals surface area (Å²) in [6, 6.07) is 20.5. The van der Waals surface area contributed by atoms with Gasteiger partial charge in [-0.25, -0.2) is 0 Å². The van der Waals surface area contributed by atoms with E-state index in [-0.39, 0.29) is 17.9 Å². The average molecular weight is 353 g/mol. The fourth-order valence-corrected chi connectivity index (χ4v) is 4.30. The molecule has 0 unspecified atom stereocenters. The van der Waals surface area contributed by atoms with Crippen molar-refractivity contribution in [1.29, 1.82) is 0 Å². The molecule has 136 valence electrons. The predicted octanol–water partition coefficient (Wildman–Crippen LogP) is 2.76. The zero-order valence-electron chi connectivity index (χ0n) is 14.6. The highest BCUT2D eigenvalue weighted by Crippen LogP contribution is 2.49. The SMILES string of the molecule is c1ccc(CO[C@@H]2OC[C@@]34[C@@H](CO[C@@H]23)CON4Cc2ccccc2)cc1. The molecule has 4 atom stereocenters. The maximum Gasteiger partial charge on any atom is 0.186 e. The van der Waals surface area contributed by atoms with Gasteiger partial charge in [-0.2, -0.15) is 5.06 Å². The van der Waals surface area contributed by atoms with Gasteiger partial charge in [0.1, 0.15) is 11.6 Å². The second-order valence-electron chi connectivity index (χ2n) is 7.24. The molecular formula is C21H23NO4. The fourth-order valence-electron chi connectivity index (χ4n) is 4.30. The molecule has 1 spiro atoms. The summed E-state index contributed by atoms with van der Waals surface area (Å²) in [7, 11) is 0. The van der Waals surface area contributed by atoms with Gasteiger partial charge >= 0.3 is 0 Å². The van der Waals surface area contributed by atoms with Crippen molar-refractivity contribution in [2.45, 2.75) is 31.1 Å². The van der Waals surface area contributed by atoms with Gasteiger partial charge in [0.15, 0.2) is 6.29 Å². The van der Waals surface area contributed by atoms with Gasteiger partial charge in [-0.3, -0.25) is 4.84 Å². The van der Waals surface area contributed by atoms with Crippen LogP contribution < -0.4 is 0 Å². The van der Waals surface area contributed by atoms with Crippen LogP contribution in [0.3, 0.4) is 0 Å². The third kappa shape index (κ3) is 2.68. The Morgan fingerprint density at radius 1 is 0.923 bits per heavy atom. The highest BCUT2D eigenvalue weighted by molar-refractivity contribution is 5.18. The van der Waals surface area contributed by atoms with E-state index in [1.807, 2.05) is 24.3 Å². The lowest BCUT2D eigenvalue weighted by Gasteiger charge is -2.34. The quantitative estimate of drug-likeness (QED) is 0.827. The fraction of sp³-hybridized carbons (Fsp3) is 0.429. The van der Waals surface area contributed by atoms with Gasteiger partial charge in [-0.05, 0) is 11.1 Å². The molecule has 3 saturated heterocycles. The highest BCUT2D eigenvalue weighted by Gasteiger charge is 2.66. The van der Waals surface area contributed by atoms with Crippen LogP contribution in [0.15, 0.2) is 60.7 Å². The summed E-state index contributed by atoms with van der Waals surface area (Å²) >= 11 is 0. The first kappa shape index (κ1) is 16.4. The number of ether oxygens (including phenoxy) is 3. The number of hydroxylamine groups is 2. The van der Waals surface area contributed by atoms with E-state index in [0.717, 1.165) is 12.1 Å². The molecule has 0 aliphatic carbocycles. The molecule has 3 aliphatic heterocycles. The summed E-state index contributed by atoms with van der Waals surface area (Å²) in [5.74, 6) is 0.321. The van der Waals surface area contributed by atoms with Crippen molar-refractivity contribution < 1.29 is 19.0 Å². The molecule has 0 aromatic heterocycles. The summed E-state index contributed by atoms with van der Waals surface area (Å²) < 4.78 is 18.3. The monoisotopic (exact) mass is 353 g/mol. The second-order valence-corrected chi connectivity index (χ2v) is 7.24. The van der Waals surface area contributed by atoms with E-state index in [1.165, 1.54) is 5.56 Å². The van der Waals surface area contributed by atoms with Crippen LogP contribution in [0.25, 0.3) is 0 Å². The smallest absolute Gasteiger partial charge is 0.186 e. The molecule has 5 rings (SSSR count). The van der Waals surface area contributed by atoms with Crippen LogP contribution >= 0.6 is 0 Å². The lowest BCUT2D eigenvalue weighted by Crippen LogP contribution is -2.53. The first-order valence-electron chi connectivity index (χ1n) is 9.19. The molecule has 5 nitrogen and oxygen atoms in total. The third-order valence-corrected chi connectivity index (χ3v) is 5.72. The van der Waals surface area contributed by atoms with Crippen molar-refractivity contribution in [2.75, 3.05) is 19.8 Å². The van der Waals surface area contributed by atoms with Crippen LogP contribution in [-0.2, 0) is 32.2 Å². The summed E-state index contributed by atoms with van der Waals surface area (Å²) in [4.78, 5) is 6.06. The molecule has 0 bridgehead atoms. The van der Waals surface area contributed by atoms with E-state index in [0.29, 0.717) is 32.3 Å². The van der Waals surface area contributed by atoms with Gasteiger partial charge in [-0.1, -0.05) is 60.7 Å². The molecule has 2 aromatic rings. The third-order valence-electron chi connectivity index (χ3n) is 5.72. The van der Waals surface area contributed by atoms with Gasteiger partial charge < -0.3 is 14.2 Å². The number of nitrogens with zero attached hydrogens (tertiary/aromatic N) is 1. The summed E-state index contributed by atoms with van der Waals surface area (Å²) in [6.45, 7) is 3.20. The Bertz CT molecular complexity index is 740. The van der Waals surface area contributed by atoms with E-state index < -0.39 is 0 Å². The van der Waals surface area contributed by atoms with E-state index in [1.54, 1.807) is 0 Å². The topological polar surface area (TPSA) is 40.2 Å². The largest absolute Gasteiger partial charge is 0.370 e. The maximum atomic E-state index is 6.13. The molecule has 0 radical (unpaired) electrons. The van der Waals surface area contributed by atoms with Crippen molar-refractivity contribution in [3.05, 3.63) is 71.8 Å². The minimum atomic E-state index is -0.361. The number of hydrogen-bond donors (Lipinski definition) is 0. The summed E-state index contributed by atoms with van der Waals surface area (Å²) in [5.41, 5.74) is 2.11. The Morgan fingerprint density at radius 2 is 1.65 bits per heavy atom. The normalized spacial score (nSPS) is 33.3. The first-order chi connectivity index (χ1) is 12.9. The van der Waals surface area contributed by atoms with E-state index in [4.69, 9.17) is 19.0 Å². The Balaban J connectivity index is 1.32. The Hall–Kier alpha value is -1.76. The van der Waals surface area contributed by atoms with Crippen molar-refractivity contribution in [3.63, 3.8) is 0 Å². The number of benzene rings is 2. The van der Waals surface area contributed by atoms with E-state index in [2.05, 4.69) is 41.5 Å². The van der Waals surface area contributed by atoms with Gasteiger partial charge in [-0.15, -0.1) is 0 Å².